The monoisotopic (exact) mass is 298 g/mol. The van der Waals surface area contributed by atoms with Crippen molar-refractivity contribution in [3.05, 3.63) is 40.7 Å². The molecule has 0 amide bonds. The van der Waals surface area contributed by atoms with Gasteiger partial charge in [0.2, 0.25) is 0 Å². The van der Waals surface area contributed by atoms with Gasteiger partial charge in [-0.2, -0.15) is 5.10 Å². The highest BCUT2D eigenvalue weighted by Gasteiger charge is 2.18. The van der Waals surface area contributed by atoms with E-state index in [0.717, 1.165) is 35.7 Å². The Kier molecular flexibility index (Phi) is 3.88. The Morgan fingerprint density at radius 1 is 1.27 bits per heavy atom. The molecule has 0 spiro atoms. The van der Waals surface area contributed by atoms with Crippen molar-refractivity contribution in [3.8, 4) is 11.3 Å². The Hall–Kier alpha value is -2.30. The summed E-state index contributed by atoms with van der Waals surface area (Å²) in [6.45, 7) is 4.40. The van der Waals surface area contributed by atoms with Crippen LogP contribution >= 0.6 is 0 Å². The lowest BCUT2D eigenvalue weighted by molar-refractivity contribution is 0.447. The molecule has 2 aromatic rings. The topological polar surface area (TPSA) is 64.2 Å². The van der Waals surface area contributed by atoms with Crippen LogP contribution in [0.15, 0.2) is 35.1 Å². The molecule has 0 aliphatic carbocycles. The molecule has 1 saturated heterocycles. The summed E-state index contributed by atoms with van der Waals surface area (Å²) in [6, 6.07) is 9.30. The first-order chi connectivity index (χ1) is 10.5. The Labute approximate surface area is 130 Å². The summed E-state index contributed by atoms with van der Waals surface area (Å²) < 4.78 is 1.34. The van der Waals surface area contributed by atoms with Crippen molar-refractivity contribution in [2.24, 2.45) is 13.0 Å². The molecule has 1 aliphatic rings. The van der Waals surface area contributed by atoms with Crippen LogP contribution in [0.25, 0.3) is 11.3 Å². The average molecular weight is 298 g/mol. The van der Waals surface area contributed by atoms with E-state index in [4.69, 9.17) is 5.73 Å². The maximum atomic E-state index is 11.4. The van der Waals surface area contributed by atoms with Gasteiger partial charge in [0.25, 0.3) is 5.56 Å². The van der Waals surface area contributed by atoms with Crippen molar-refractivity contribution < 1.29 is 0 Å². The van der Waals surface area contributed by atoms with Crippen LogP contribution in [0.1, 0.15) is 19.8 Å². The Morgan fingerprint density at radius 3 is 2.77 bits per heavy atom. The molecule has 1 aromatic carbocycles. The summed E-state index contributed by atoms with van der Waals surface area (Å²) in [7, 11) is 1.65. The molecule has 1 fully saturated rings. The highest BCUT2D eigenvalue weighted by molar-refractivity contribution is 5.75. The highest BCUT2D eigenvalue weighted by atomic mass is 16.1. The second-order valence-electron chi connectivity index (χ2n) is 6.15. The zero-order chi connectivity index (χ0) is 15.7. The summed E-state index contributed by atoms with van der Waals surface area (Å²) in [4.78, 5) is 13.8. The van der Waals surface area contributed by atoms with Gasteiger partial charge < -0.3 is 10.6 Å². The van der Waals surface area contributed by atoms with Crippen LogP contribution in [0.5, 0.6) is 0 Å². The third-order valence-electron chi connectivity index (χ3n) is 4.28. The molecule has 1 unspecified atom stereocenters. The number of aryl methyl sites for hydroxylation is 1. The first kappa shape index (κ1) is 14.6. The number of nitrogens with zero attached hydrogens (tertiary/aromatic N) is 3. The zero-order valence-electron chi connectivity index (χ0n) is 13.1. The fourth-order valence-electron chi connectivity index (χ4n) is 3.07. The van der Waals surface area contributed by atoms with Crippen LogP contribution in [0.4, 0.5) is 11.4 Å². The predicted octanol–water partition coefficient (Wildman–Crippen LogP) is 2.27. The summed E-state index contributed by atoms with van der Waals surface area (Å²) in [5, 5.41) is 4.27. The van der Waals surface area contributed by atoms with E-state index >= 15 is 0 Å². The first-order valence-electron chi connectivity index (χ1n) is 7.74. The van der Waals surface area contributed by atoms with Gasteiger partial charge in [-0.3, -0.25) is 4.79 Å². The number of nitrogens with two attached hydrogens (primary N) is 1. The highest BCUT2D eigenvalue weighted by Crippen LogP contribution is 2.31. The largest absolute Gasteiger partial charge is 0.397 e. The van der Waals surface area contributed by atoms with Gasteiger partial charge in [0.1, 0.15) is 0 Å². The SMILES string of the molecule is CC1CCCN(c2ccc(-c3ccc(=O)n(C)n3)cc2N)C1. The second kappa shape index (κ2) is 5.83. The van der Waals surface area contributed by atoms with Gasteiger partial charge >= 0.3 is 0 Å². The molecule has 1 atom stereocenters. The Bertz CT molecular complexity index is 738. The number of hydrogen-bond donors (Lipinski definition) is 1. The minimum Gasteiger partial charge on any atom is -0.397 e. The van der Waals surface area contributed by atoms with E-state index in [-0.39, 0.29) is 5.56 Å². The maximum Gasteiger partial charge on any atom is 0.266 e. The molecular weight excluding hydrogens is 276 g/mol. The van der Waals surface area contributed by atoms with Crippen molar-refractivity contribution in [2.45, 2.75) is 19.8 Å². The van der Waals surface area contributed by atoms with E-state index in [1.54, 1.807) is 13.1 Å². The van der Waals surface area contributed by atoms with Crippen LogP contribution in [0.3, 0.4) is 0 Å². The van der Waals surface area contributed by atoms with Gasteiger partial charge in [-0.05, 0) is 37.0 Å². The minimum absolute atomic E-state index is 0.115. The van der Waals surface area contributed by atoms with Crippen molar-refractivity contribution in [1.29, 1.82) is 0 Å². The Balaban J connectivity index is 1.91. The molecule has 5 heteroatoms. The van der Waals surface area contributed by atoms with Crippen LogP contribution in [-0.2, 0) is 7.05 Å². The zero-order valence-corrected chi connectivity index (χ0v) is 13.1. The summed E-state index contributed by atoms with van der Waals surface area (Å²) in [5.41, 5.74) is 9.70. The van der Waals surface area contributed by atoms with Crippen LogP contribution in [-0.4, -0.2) is 22.9 Å². The number of nitrogen functional groups attached to an aromatic ring is 1. The van der Waals surface area contributed by atoms with E-state index < -0.39 is 0 Å². The maximum absolute atomic E-state index is 11.4. The van der Waals surface area contributed by atoms with Gasteiger partial charge in [-0.25, -0.2) is 4.68 Å². The fourth-order valence-corrected chi connectivity index (χ4v) is 3.07. The first-order valence-corrected chi connectivity index (χ1v) is 7.74. The number of piperidine rings is 1. The second-order valence-corrected chi connectivity index (χ2v) is 6.15. The molecule has 3 rings (SSSR count). The molecule has 1 aromatic heterocycles. The van der Waals surface area contributed by atoms with Gasteiger partial charge in [0.15, 0.2) is 0 Å². The van der Waals surface area contributed by atoms with Crippen molar-refractivity contribution in [3.63, 3.8) is 0 Å². The minimum atomic E-state index is -0.115. The number of hydrogen-bond acceptors (Lipinski definition) is 4. The van der Waals surface area contributed by atoms with Crippen molar-refractivity contribution >= 4 is 11.4 Å². The summed E-state index contributed by atoms with van der Waals surface area (Å²) in [6.07, 6.45) is 2.50. The van der Waals surface area contributed by atoms with Gasteiger partial charge in [-0.1, -0.05) is 13.0 Å². The number of anilines is 2. The molecule has 0 radical (unpaired) electrons. The summed E-state index contributed by atoms with van der Waals surface area (Å²) >= 11 is 0. The third-order valence-corrected chi connectivity index (χ3v) is 4.28. The van der Waals surface area contributed by atoms with Crippen LogP contribution in [0.2, 0.25) is 0 Å². The van der Waals surface area contributed by atoms with Crippen LogP contribution in [0, 0.1) is 5.92 Å². The molecule has 2 N–H and O–H groups in total. The average Bonchev–Trinajstić information content (AvgIpc) is 2.50. The molecule has 2 heterocycles. The van der Waals surface area contributed by atoms with E-state index in [2.05, 4.69) is 23.0 Å². The molecule has 5 nitrogen and oxygen atoms in total. The number of benzene rings is 1. The standard InChI is InChI=1S/C17H22N4O/c1-12-4-3-9-21(11-12)16-7-5-13(10-14(16)18)15-6-8-17(22)20(2)19-15/h5-8,10,12H,3-4,9,11,18H2,1-2H3. The van der Waals surface area contributed by atoms with E-state index in [0.29, 0.717) is 5.92 Å². The predicted molar refractivity (Wildman–Crippen MR) is 89.9 cm³/mol. The number of rotatable bonds is 2. The molecule has 1 aliphatic heterocycles. The van der Waals surface area contributed by atoms with Crippen molar-refractivity contribution in [1.82, 2.24) is 9.78 Å². The molecule has 116 valence electrons. The molecule has 22 heavy (non-hydrogen) atoms. The van der Waals surface area contributed by atoms with E-state index in [9.17, 15) is 4.79 Å². The lowest BCUT2D eigenvalue weighted by Crippen LogP contribution is -2.34. The fraction of sp³-hybridized carbons (Fsp3) is 0.412. The normalized spacial score (nSPS) is 18.5. The molecule has 0 bridgehead atoms. The van der Waals surface area contributed by atoms with E-state index in [1.165, 1.54) is 23.6 Å². The van der Waals surface area contributed by atoms with Gasteiger partial charge in [-0.15, -0.1) is 0 Å². The Morgan fingerprint density at radius 2 is 2.09 bits per heavy atom. The lowest BCUT2D eigenvalue weighted by Gasteiger charge is -2.33. The van der Waals surface area contributed by atoms with Crippen molar-refractivity contribution in [2.75, 3.05) is 23.7 Å². The van der Waals surface area contributed by atoms with Crippen LogP contribution < -0.4 is 16.2 Å². The lowest BCUT2D eigenvalue weighted by atomic mass is 9.99. The smallest absolute Gasteiger partial charge is 0.266 e. The quantitative estimate of drug-likeness (QED) is 0.864. The number of aromatic nitrogens is 2. The van der Waals surface area contributed by atoms with Gasteiger partial charge in [0, 0.05) is 31.8 Å². The van der Waals surface area contributed by atoms with Gasteiger partial charge in [0.05, 0.1) is 17.1 Å². The molecule has 0 saturated carbocycles. The summed E-state index contributed by atoms with van der Waals surface area (Å²) in [5.74, 6) is 0.707. The van der Waals surface area contributed by atoms with E-state index in [1.807, 2.05) is 12.1 Å². The third kappa shape index (κ3) is 2.84. The molecular formula is C17H22N4O.